The number of nitrogens with zero attached hydrogens (tertiary/aromatic N) is 1. The summed E-state index contributed by atoms with van der Waals surface area (Å²) in [5.74, 6) is 0.674. The number of aliphatic hydroxyl groups is 1. The molecule has 1 amide bonds. The first-order valence-corrected chi connectivity index (χ1v) is 8.21. The minimum Gasteiger partial charge on any atom is -0.396 e. The van der Waals surface area contributed by atoms with Gasteiger partial charge in [0.15, 0.2) is 0 Å². The third kappa shape index (κ3) is 3.58. The Morgan fingerprint density at radius 3 is 2.82 bits per heavy atom. The number of aliphatic hydroxyl groups excluding tert-OH is 1. The fraction of sp³-hybridized carbons (Fsp3) is 0.526. The molecule has 1 saturated heterocycles. The van der Waals surface area contributed by atoms with E-state index in [0.717, 1.165) is 38.8 Å². The molecule has 3 aliphatic rings. The lowest BCUT2D eigenvalue weighted by molar-refractivity contribution is -0.143. The molecule has 122 valence electrons. The van der Waals surface area contributed by atoms with Crippen molar-refractivity contribution in [1.82, 2.24) is 4.90 Å². The van der Waals surface area contributed by atoms with E-state index in [0.29, 0.717) is 5.92 Å². The molecule has 3 atom stereocenters. The number of hydrogen-bond acceptors (Lipinski definition) is 2. The minimum atomic E-state index is -0.00748. The van der Waals surface area contributed by atoms with Gasteiger partial charge in [0.05, 0.1) is 0 Å². The van der Waals surface area contributed by atoms with Gasteiger partial charge in [0, 0.05) is 27.0 Å². The maximum Gasteiger partial charge on any atom is 0.226 e. The van der Waals surface area contributed by atoms with E-state index in [9.17, 15) is 9.90 Å². The Morgan fingerprint density at radius 2 is 2.14 bits per heavy atom. The van der Waals surface area contributed by atoms with E-state index < -0.39 is 0 Å². The third-order valence-electron chi connectivity index (χ3n) is 4.80. The van der Waals surface area contributed by atoms with Crippen LogP contribution in [0.4, 0.5) is 0 Å². The van der Waals surface area contributed by atoms with Crippen LogP contribution >= 0.6 is 0 Å². The maximum atomic E-state index is 12.7. The molecule has 0 aromatic heterocycles. The van der Waals surface area contributed by atoms with Crippen molar-refractivity contribution in [2.75, 3.05) is 19.7 Å². The van der Waals surface area contributed by atoms with E-state index >= 15 is 0 Å². The molecule has 1 aliphatic heterocycles. The van der Waals surface area contributed by atoms with Crippen molar-refractivity contribution >= 4 is 5.91 Å². The van der Waals surface area contributed by atoms with Gasteiger partial charge in [-0.15, -0.1) is 13.2 Å². The molecule has 0 spiro atoms. The van der Waals surface area contributed by atoms with Crippen LogP contribution in [0.1, 0.15) is 27.1 Å². The Kier molecular flexibility index (Phi) is 6.20. The normalized spacial score (nSPS) is 30.2. The minimum absolute atomic E-state index is 0. The fourth-order valence-corrected chi connectivity index (χ4v) is 3.68. The molecule has 1 N–H and O–H groups in total. The summed E-state index contributed by atoms with van der Waals surface area (Å²) in [6, 6.07) is 0. The van der Waals surface area contributed by atoms with Crippen LogP contribution in [-0.4, -0.2) is 35.6 Å². The van der Waals surface area contributed by atoms with Gasteiger partial charge in [-0.25, -0.2) is 0 Å². The molecule has 22 heavy (non-hydrogen) atoms. The lowest BCUT2D eigenvalue weighted by Gasteiger charge is -2.42. The molecule has 0 radical (unpaired) electrons. The number of fused-ring (bicyclic) bond motifs is 1. The summed E-state index contributed by atoms with van der Waals surface area (Å²) in [5, 5.41) is 9.53. The standard InChI is InChI=1S/C17H23NO2.C2H4.H2/c19-12-15-8-4-7-14-9-10-18(17(20)16(14)15)11-13-5-2-1-3-6-13;1-2;/h2,4-7,14-16,19H,1,3,8-12H2;1-2H2;1H/t14?,15-,16?;;/m1../s1. The Balaban J connectivity index is 0.000000849. The van der Waals surface area contributed by atoms with E-state index in [-0.39, 0.29) is 25.8 Å². The van der Waals surface area contributed by atoms with Crippen molar-refractivity contribution in [1.29, 1.82) is 0 Å². The van der Waals surface area contributed by atoms with E-state index in [1.807, 2.05) is 4.90 Å². The Morgan fingerprint density at radius 1 is 1.32 bits per heavy atom. The van der Waals surface area contributed by atoms with Gasteiger partial charge in [0.25, 0.3) is 0 Å². The predicted molar refractivity (Wildman–Crippen MR) is 92.3 cm³/mol. The topological polar surface area (TPSA) is 40.5 Å². The zero-order valence-electron chi connectivity index (χ0n) is 13.3. The van der Waals surface area contributed by atoms with Crippen LogP contribution in [0, 0.1) is 17.8 Å². The van der Waals surface area contributed by atoms with E-state index in [1.54, 1.807) is 0 Å². The predicted octanol–water partition coefficient (Wildman–Crippen LogP) is 3.34. The van der Waals surface area contributed by atoms with Gasteiger partial charge in [0.1, 0.15) is 0 Å². The second-order valence-corrected chi connectivity index (χ2v) is 6.10. The Bertz CT molecular complexity index is 484. The number of rotatable bonds is 3. The molecule has 0 bridgehead atoms. The van der Waals surface area contributed by atoms with Crippen LogP contribution in [0.5, 0.6) is 0 Å². The van der Waals surface area contributed by atoms with Crippen molar-refractivity contribution in [3.63, 3.8) is 0 Å². The van der Waals surface area contributed by atoms with Crippen LogP contribution in [-0.2, 0) is 4.79 Å². The number of hydrogen-bond donors (Lipinski definition) is 1. The lowest BCUT2D eigenvalue weighted by atomic mass is 9.72. The first-order valence-electron chi connectivity index (χ1n) is 8.21. The summed E-state index contributed by atoms with van der Waals surface area (Å²) >= 11 is 0. The van der Waals surface area contributed by atoms with E-state index in [2.05, 4.69) is 43.5 Å². The summed E-state index contributed by atoms with van der Waals surface area (Å²) in [5.41, 5.74) is 1.26. The van der Waals surface area contributed by atoms with Gasteiger partial charge in [-0.05, 0) is 43.1 Å². The summed E-state index contributed by atoms with van der Waals surface area (Å²) in [7, 11) is 0. The highest BCUT2D eigenvalue weighted by Gasteiger charge is 2.41. The number of allylic oxidation sites excluding steroid dienone is 4. The first-order chi connectivity index (χ1) is 10.8. The zero-order chi connectivity index (χ0) is 15.9. The molecule has 2 aliphatic carbocycles. The average molecular weight is 303 g/mol. The largest absolute Gasteiger partial charge is 0.396 e. The molecular weight excluding hydrogens is 274 g/mol. The Hall–Kier alpha value is -1.61. The second kappa shape index (κ2) is 8.14. The van der Waals surface area contributed by atoms with Gasteiger partial charge in [-0.2, -0.15) is 0 Å². The highest BCUT2D eigenvalue weighted by Crippen LogP contribution is 2.37. The van der Waals surface area contributed by atoms with Gasteiger partial charge in [0.2, 0.25) is 5.91 Å². The van der Waals surface area contributed by atoms with E-state index in [1.165, 1.54) is 5.57 Å². The van der Waals surface area contributed by atoms with Gasteiger partial charge >= 0.3 is 0 Å². The number of piperidine rings is 1. The monoisotopic (exact) mass is 303 g/mol. The molecule has 0 saturated carbocycles. The molecule has 1 heterocycles. The quantitative estimate of drug-likeness (QED) is 0.812. The molecule has 3 heteroatoms. The SMILES string of the molecule is C=C.O=C1C2C(C=CC[C@@H]2CO)CCN1CC1=CCCC=C1.[HH]. The van der Waals surface area contributed by atoms with Crippen LogP contribution in [0.15, 0.2) is 49.1 Å². The van der Waals surface area contributed by atoms with Gasteiger partial charge in [-0.3, -0.25) is 4.79 Å². The molecule has 0 aromatic carbocycles. The number of carbonyl (C=O) groups is 1. The molecular formula is C19H29NO2. The van der Waals surface area contributed by atoms with Crippen molar-refractivity contribution in [2.24, 2.45) is 17.8 Å². The summed E-state index contributed by atoms with van der Waals surface area (Å²) < 4.78 is 0. The van der Waals surface area contributed by atoms with Gasteiger partial charge in [-0.1, -0.05) is 30.4 Å². The summed E-state index contributed by atoms with van der Waals surface area (Å²) in [4.78, 5) is 14.7. The van der Waals surface area contributed by atoms with Crippen molar-refractivity contribution in [2.45, 2.75) is 25.7 Å². The zero-order valence-corrected chi connectivity index (χ0v) is 13.3. The first kappa shape index (κ1) is 16.8. The second-order valence-electron chi connectivity index (χ2n) is 6.10. The molecule has 3 nitrogen and oxygen atoms in total. The number of likely N-dealkylation sites (tertiary alicyclic amines) is 1. The molecule has 3 rings (SSSR count). The smallest absolute Gasteiger partial charge is 0.226 e. The van der Waals surface area contributed by atoms with Gasteiger partial charge < -0.3 is 10.0 Å². The lowest BCUT2D eigenvalue weighted by Crippen LogP contribution is -2.49. The van der Waals surface area contributed by atoms with Crippen molar-refractivity contribution in [3.05, 3.63) is 49.1 Å². The van der Waals surface area contributed by atoms with Crippen LogP contribution in [0.2, 0.25) is 0 Å². The van der Waals surface area contributed by atoms with Crippen LogP contribution in [0.3, 0.4) is 0 Å². The number of carbonyl (C=O) groups excluding carboxylic acids is 1. The fourth-order valence-electron chi connectivity index (χ4n) is 3.68. The van der Waals surface area contributed by atoms with Crippen LogP contribution in [0.25, 0.3) is 0 Å². The highest BCUT2D eigenvalue weighted by atomic mass is 16.3. The summed E-state index contributed by atoms with van der Waals surface area (Å²) in [6.07, 6.45) is 15.0. The maximum absolute atomic E-state index is 12.7. The average Bonchev–Trinajstić information content (AvgIpc) is 2.59. The van der Waals surface area contributed by atoms with Crippen LogP contribution < -0.4 is 0 Å². The Labute approximate surface area is 135 Å². The van der Waals surface area contributed by atoms with Crippen molar-refractivity contribution < 1.29 is 11.3 Å². The van der Waals surface area contributed by atoms with E-state index in [4.69, 9.17) is 0 Å². The highest BCUT2D eigenvalue weighted by molar-refractivity contribution is 5.81. The van der Waals surface area contributed by atoms with Crippen molar-refractivity contribution in [3.8, 4) is 0 Å². The molecule has 1 fully saturated rings. The molecule has 0 aromatic rings. The molecule has 2 unspecified atom stereocenters. The number of amides is 1. The summed E-state index contributed by atoms with van der Waals surface area (Å²) in [6.45, 7) is 7.70. The third-order valence-corrected chi connectivity index (χ3v) is 4.80.